The van der Waals surface area contributed by atoms with Crippen molar-refractivity contribution in [2.75, 3.05) is 0 Å². The molecule has 6 nitrogen and oxygen atoms in total. The Balaban J connectivity index is 2.00. The van der Waals surface area contributed by atoms with E-state index in [0.29, 0.717) is 17.7 Å². The number of rotatable bonds is 11. The van der Waals surface area contributed by atoms with Crippen LogP contribution in [0.2, 0.25) is 0 Å². The molecule has 2 rings (SSSR count). The summed E-state index contributed by atoms with van der Waals surface area (Å²) < 4.78 is 11.3. The second-order valence-electron chi connectivity index (χ2n) is 6.98. The number of unbranched alkanes of at least 4 members (excludes halogenated alkanes) is 2. The lowest BCUT2D eigenvalue weighted by atomic mass is 10.1. The van der Waals surface area contributed by atoms with Gasteiger partial charge in [-0.15, -0.1) is 0 Å². The number of hydrogen-bond donors (Lipinski definition) is 0. The van der Waals surface area contributed by atoms with E-state index >= 15 is 0 Å². The Morgan fingerprint density at radius 1 is 1.07 bits per heavy atom. The fraction of sp³-hybridized carbons (Fsp3) is 0.292. The van der Waals surface area contributed by atoms with Gasteiger partial charge in [0.2, 0.25) is 6.29 Å². The van der Waals surface area contributed by atoms with Crippen LogP contribution in [0.4, 0.5) is 5.69 Å². The van der Waals surface area contributed by atoms with Crippen molar-refractivity contribution in [2.45, 2.75) is 45.8 Å². The Labute approximate surface area is 177 Å². The fourth-order valence-electron chi connectivity index (χ4n) is 2.63. The lowest BCUT2D eigenvalue weighted by Gasteiger charge is -2.19. The van der Waals surface area contributed by atoms with Crippen LogP contribution in [-0.4, -0.2) is 17.2 Å². The molecule has 0 amide bonds. The molecule has 0 saturated heterocycles. The quantitative estimate of drug-likeness (QED) is 0.0843. The molecular formula is C24H27NO5. The predicted molar refractivity (Wildman–Crippen MR) is 118 cm³/mol. The zero-order valence-corrected chi connectivity index (χ0v) is 17.4. The van der Waals surface area contributed by atoms with Gasteiger partial charge in [-0.3, -0.25) is 10.1 Å². The first kappa shape index (κ1) is 22.9. The number of carbonyl (C=O) groups is 1. The molecule has 1 unspecified atom stereocenters. The van der Waals surface area contributed by atoms with Crippen molar-refractivity contribution in [3.8, 4) is 5.75 Å². The maximum Gasteiger partial charge on any atom is 0.336 e. The molecule has 6 heteroatoms. The highest BCUT2D eigenvalue weighted by Crippen LogP contribution is 2.20. The number of hydrogen-bond acceptors (Lipinski definition) is 5. The van der Waals surface area contributed by atoms with Crippen LogP contribution >= 0.6 is 0 Å². The molecule has 0 saturated carbocycles. The molecule has 0 bridgehead atoms. The van der Waals surface area contributed by atoms with Gasteiger partial charge in [0.25, 0.3) is 5.69 Å². The molecule has 2 aromatic rings. The van der Waals surface area contributed by atoms with Gasteiger partial charge >= 0.3 is 5.97 Å². The van der Waals surface area contributed by atoms with E-state index in [4.69, 9.17) is 9.47 Å². The van der Waals surface area contributed by atoms with Crippen LogP contribution in [-0.2, 0) is 9.53 Å². The lowest BCUT2D eigenvalue weighted by molar-refractivity contribution is -0.384. The number of nitro benzene ring substituents is 1. The Morgan fingerprint density at radius 2 is 1.63 bits per heavy atom. The highest BCUT2D eigenvalue weighted by Gasteiger charge is 2.16. The summed E-state index contributed by atoms with van der Waals surface area (Å²) in [4.78, 5) is 22.1. The van der Waals surface area contributed by atoms with Gasteiger partial charge in [0.15, 0.2) is 0 Å². The Bertz CT molecular complexity index is 885. The third kappa shape index (κ3) is 7.54. The highest BCUT2D eigenvalue weighted by molar-refractivity contribution is 5.87. The van der Waals surface area contributed by atoms with Crippen molar-refractivity contribution in [1.82, 2.24) is 0 Å². The summed E-state index contributed by atoms with van der Waals surface area (Å²) in [6, 6.07) is 13.8. The van der Waals surface area contributed by atoms with Crippen molar-refractivity contribution >= 4 is 23.8 Å². The standard InChI is InChI=1S/C24H27NO5/c1-4-5-6-7-23(30-24(26)18(2)3)29-22-16-12-20(13-17-22)9-8-19-10-14-21(15-11-19)25(27)28/h8-17,23H,2,4-7H2,1,3H3. The topological polar surface area (TPSA) is 78.7 Å². The number of benzene rings is 2. The molecule has 0 aliphatic rings. The summed E-state index contributed by atoms with van der Waals surface area (Å²) in [7, 11) is 0. The van der Waals surface area contributed by atoms with Gasteiger partial charge in [-0.05, 0) is 48.7 Å². The van der Waals surface area contributed by atoms with Crippen molar-refractivity contribution < 1.29 is 19.2 Å². The van der Waals surface area contributed by atoms with Gasteiger partial charge < -0.3 is 9.47 Å². The molecule has 0 aliphatic carbocycles. The molecule has 30 heavy (non-hydrogen) atoms. The Hall–Kier alpha value is -3.41. The fourth-order valence-corrected chi connectivity index (χ4v) is 2.63. The summed E-state index contributed by atoms with van der Waals surface area (Å²) >= 11 is 0. The van der Waals surface area contributed by atoms with E-state index in [1.54, 1.807) is 19.1 Å². The molecule has 0 radical (unpaired) electrons. The minimum Gasteiger partial charge on any atom is -0.455 e. The van der Waals surface area contributed by atoms with Crippen molar-refractivity contribution in [3.63, 3.8) is 0 Å². The van der Waals surface area contributed by atoms with E-state index in [1.165, 1.54) is 12.1 Å². The SMILES string of the molecule is C=C(C)C(=O)OC(CCCCC)Oc1ccc(C=Cc2ccc([N+](=O)[O-])cc2)cc1. The lowest BCUT2D eigenvalue weighted by Crippen LogP contribution is -2.24. The third-order valence-corrected chi connectivity index (χ3v) is 4.35. The number of nitrogens with zero attached hydrogens (tertiary/aromatic N) is 1. The number of carbonyl (C=O) groups excluding carboxylic acids is 1. The van der Waals surface area contributed by atoms with Crippen LogP contribution in [0.5, 0.6) is 5.75 Å². The average molecular weight is 409 g/mol. The molecule has 2 aromatic carbocycles. The Morgan fingerprint density at radius 3 is 2.13 bits per heavy atom. The smallest absolute Gasteiger partial charge is 0.336 e. The van der Waals surface area contributed by atoms with Crippen molar-refractivity contribution in [2.24, 2.45) is 0 Å². The molecule has 0 N–H and O–H groups in total. The monoisotopic (exact) mass is 409 g/mol. The van der Waals surface area contributed by atoms with E-state index < -0.39 is 17.2 Å². The first-order valence-corrected chi connectivity index (χ1v) is 9.94. The van der Waals surface area contributed by atoms with Crippen LogP contribution < -0.4 is 4.74 Å². The third-order valence-electron chi connectivity index (χ3n) is 4.35. The highest BCUT2D eigenvalue weighted by atomic mass is 16.7. The van der Waals surface area contributed by atoms with Crippen LogP contribution in [0.3, 0.4) is 0 Å². The number of non-ortho nitro benzene ring substituents is 1. The van der Waals surface area contributed by atoms with Gasteiger partial charge in [0, 0.05) is 24.1 Å². The van der Waals surface area contributed by atoms with Gasteiger partial charge in [-0.2, -0.15) is 0 Å². The number of ether oxygens (including phenoxy) is 2. The maximum atomic E-state index is 11.9. The van der Waals surface area contributed by atoms with Gasteiger partial charge in [-0.1, -0.05) is 50.6 Å². The number of nitro groups is 1. The predicted octanol–water partition coefficient (Wildman–Crippen LogP) is 6.17. The van der Waals surface area contributed by atoms with Crippen molar-refractivity contribution in [3.05, 3.63) is 81.9 Å². The first-order chi connectivity index (χ1) is 14.4. The van der Waals surface area contributed by atoms with Gasteiger partial charge in [-0.25, -0.2) is 4.79 Å². The summed E-state index contributed by atoms with van der Waals surface area (Å²) in [5.41, 5.74) is 2.21. The van der Waals surface area contributed by atoms with Crippen molar-refractivity contribution in [1.29, 1.82) is 0 Å². The van der Waals surface area contributed by atoms with E-state index in [-0.39, 0.29) is 5.69 Å². The molecule has 158 valence electrons. The van der Waals surface area contributed by atoms with Gasteiger partial charge in [0.1, 0.15) is 5.75 Å². The van der Waals surface area contributed by atoms with Crippen LogP contribution in [0, 0.1) is 10.1 Å². The average Bonchev–Trinajstić information content (AvgIpc) is 2.73. The molecule has 0 aromatic heterocycles. The molecular weight excluding hydrogens is 382 g/mol. The summed E-state index contributed by atoms with van der Waals surface area (Å²) in [6.45, 7) is 7.33. The summed E-state index contributed by atoms with van der Waals surface area (Å²) in [6.07, 6.45) is 6.76. The normalized spacial score (nSPS) is 11.8. The second-order valence-corrected chi connectivity index (χ2v) is 6.98. The molecule has 0 heterocycles. The second kappa shape index (κ2) is 11.6. The first-order valence-electron chi connectivity index (χ1n) is 9.94. The summed E-state index contributed by atoms with van der Waals surface area (Å²) in [5, 5.41) is 10.7. The molecule has 0 spiro atoms. The Kier molecular flexibility index (Phi) is 8.81. The molecule has 0 aliphatic heterocycles. The largest absolute Gasteiger partial charge is 0.455 e. The molecule has 1 atom stereocenters. The number of esters is 1. The maximum absolute atomic E-state index is 11.9. The minimum atomic E-state index is -0.651. The van der Waals surface area contributed by atoms with E-state index in [9.17, 15) is 14.9 Å². The molecule has 0 fully saturated rings. The van der Waals surface area contributed by atoms with E-state index in [1.807, 2.05) is 36.4 Å². The van der Waals surface area contributed by atoms with Crippen LogP contribution in [0.25, 0.3) is 12.2 Å². The van der Waals surface area contributed by atoms with E-state index in [0.717, 1.165) is 30.4 Å². The minimum absolute atomic E-state index is 0.0643. The summed E-state index contributed by atoms with van der Waals surface area (Å²) in [5.74, 6) is 0.151. The van der Waals surface area contributed by atoms with Crippen LogP contribution in [0.15, 0.2) is 60.7 Å². The van der Waals surface area contributed by atoms with Crippen LogP contribution in [0.1, 0.15) is 50.7 Å². The van der Waals surface area contributed by atoms with E-state index in [2.05, 4.69) is 13.5 Å². The van der Waals surface area contributed by atoms with Gasteiger partial charge in [0.05, 0.1) is 4.92 Å². The zero-order chi connectivity index (χ0) is 21.9. The zero-order valence-electron chi connectivity index (χ0n) is 17.4.